The molecule has 12 heavy (non-hydrogen) atoms. The van der Waals surface area contributed by atoms with Crippen LogP contribution in [0.4, 0.5) is 4.39 Å². The van der Waals surface area contributed by atoms with Crippen molar-refractivity contribution in [2.45, 2.75) is 20.8 Å². The van der Waals surface area contributed by atoms with Gasteiger partial charge in [-0.25, -0.2) is 4.39 Å². The Morgan fingerprint density at radius 3 is 2.33 bits per heavy atom. The summed E-state index contributed by atoms with van der Waals surface area (Å²) >= 11 is 0. The van der Waals surface area contributed by atoms with Crippen LogP contribution in [0.1, 0.15) is 27.0 Å². The van der Waals surface area contributed by atoms with E-state index in [1.54, 1.807) is 19.9 Å². The van der Waals surface area contributed by atoms with E-state index in [4.69, 9.17) is 0 Å². The van der Waals surface area contributed by atoms with Crippen LogP contribution in [0.5, 0.6) is 0 Å². The van der Waals surface area contributed by atoms with Crippen LogP contribution in [-0.2, 0) is 0 Å². The number of benzene rings is 1. The second kappa shape index (κ2) is 3.05. The minimum absolute atomic E-state index is 0.188. The number of halogens is 1. The molecule has 0 spiro atoms. The molecule has 0 amide bonds. The SMILES string of the molecule is Cc1cc(C)c(F)c(C=O)c1C. The molecule has 1 nitrogen and oxygen atoms in total. The van der Waals surface area contributed by atoms with Gasteiger partial charge in [-0.3, -0.25) is 4.79 Å². The van der Waals surface area contributed by atoms with Gasteiger partial charge in [-0.05, 0) is 37.5 Å². The second-order valence-corrected chi connectivity index (χ2v) is 2.98. The Kier molecular flexibility index (Phi) is 2.27. The Bertz CT molecular complexity index is 303. The Morgan fingerprint density at radius 2 is 1.83 bits per heavy atom. The molecule has 1 aromatic rings. The van der Waals surface area contributed by atoms with Gasteiger partial charge in [-0.2, -0.15) is 0 Å². The van der Waals surface area contributed by atoms with E-state index in [1.807, 2.05) is 6.92 Å². The maximum absolute atomic E-state index is 13.2. The zero-order valence-electron chi connectivity index (χ0n) is 7.44. The van der Waals surface area contributed by atoms with E-state index in [1.165, 1.54) is 0 Å². The first kappa shape index (κ1) is 8.91. The van der Waals surface area contributed by atoms with Gasteiger partial charge in [0.05, 0.1) is 5.56 Å². The molecule has 0 aliphatic carbocycles. The smallest absolute Gasteiger partial charge is 0.153 e. The molecule has 0 atom stereocenters. The maximum atomic E-state index is 13.2. The average Bonchev–Trinajstić information content (AvgIpc) is 2.02. The first-order chi connectivity index (χ1) is 5.57. The Morgan fingerprint density at radius 1 is 1.25 bits per heavy atom. The average molecular weight is 166 g/mol. The molecule has 0 saturated heterocycles. The number of aryl methyl sites for hydroxylation is 2. The van der Waals surface area contributed by atoms with Crippen LogP contribution >= 0.6 is 0 Å². The molecule has 0 N–H and O–H groups in total. The van der Waals surface area contributed by atoms with Crippen molar-refractivity contribution < 1.29 is 9.18 Å². The van der Waals surface area contributed by atoms with Crippen LogP contribution in [0.3, 0.4) is 0 Å². The quantitative estimate of drug-likeness (QED) is 0.586. The minimum atomic E-state index is -0.395. The van der Waals surface area contributed by atoms with Crippen molar-refractivity contribution in [3.05, 3.63) is 34.1 Å². The van der Waals surface area contributed by atoms with E-state index in [0.717, 1.165) is 11.1 Å². The predicted octanol–water partition coefficient (Wildman–Crippen LogP) is 2.56. The highest BCUT2D eigenvalue weighted by Crippen LogP contribution is 2.18. The van der Waals surface area contributed by atoms with E-state index < -0.39 is 5.82 Å². The molecular weight excluding hydrogens is 155 g/mol. The predicted molar refractivity (Wildman–Crippen MR) is 46.0 cm³/mol. The molecule has 2 heteroatoms. The van der Waals surface area contributed by atoms with Gasteiger partial charge >= 0.3 is 0 Å². The van der Waals surface area contributed by atoms with Gasteiger partial charge in [-0.1, -0.05) is 6.07 Å². The summed E-state index contributed by atoms with van der Waals surface area (Å²) in [6.07, 6.45) is 0.574. The van der Waals surface area contributed by atoms with E-state index in [9.17, 15) is 9.18 Å². The summed E-state index contributed by atoms with van der Waals surface area (Å²) in [5.74, 6) is -0.395. The van der Waals surface area contributed by atoms with Crippen LogP contribution in [0.25, 0.3) is 0 Å². The summed E-state index contributed by atoms with van der Waals surface area (Å²) in [4.78, 5) is 10.5. The lowest BCUT2D eigenvalue weighted by Crippen LogP contribution is -1.98. The van der Waals surface area contributed by atoms with E-state index in [-0.39, 0.29) is 5.56 Å². The lowest BCUT2D eigenvalue weighted by molar-refractivity contribution is 0.111. The maximum Gasteiger partial charge on any atom is 0.153 e. The lowest BCUT2D eigenvalue weighted by atomic mass is 10.0. The molecule has 0 aromatic heterocycles. The summed E-state index contributed by atoms with van der Waals surface area (Å²) in [6, 6.07) is 1.75. The molecule has 0 aliphatic heterocycles. The normalized spacial score (nSPS) is 10.0. The highest BCUT2D eigenvalue weighted by atomic mass is 19.1. The Hall–Kier alpha value is -1.18. The van der Waals surface area contributed by atoms with Crippen molar-refractivity contribution in [2.24, 2.45) is 0 Å². The number of carbonyl (C=O) groups excluding carboxylic acids is 1. The fraction of sp³-hybridized carbons (Fsp3) is 0.300. The first-order valence-corrected chi connectivity index (χ1v) is 3.79. The van der Waals surface area contributed by atoms with E-state index in [0.29, 0.717) is 11.8 Å². The highest BCUT2D eigenvalue weighted by Gasteiger charge is 2.09. The molecule has 64 valence electrons. The molecule has 0 unspecified atom stereocenters. The molecular formula is C10H11FO. The number of hydrogen-bond donors (Lipinski definition) is 0. The molecule has 0 heterocycles. The number of rotatable bonds is 1. The van der Waals surface area contributed by atoms with Gasteiger partial charge in [0.1, 0.15) is 5.82 Å². The number of aldehydes is 1. The molecule has 0 aliphatic rings. The van der Waals surface area contributed by atoms with Gasteiger partial charge in [0.15, 0.2) is 6.29 Å². The van der Waals surface area contributed by atoms with Crippen LogP contribution in [0, 0.1) is 26.6 Å². The molecule has 0 bridgehead atoms. The van der Waals surface area contributed by atoms with Crippen LogP contribution in [0.2, 0.25) is 0 Å². The molecule has 0 radical (unpaired) electrons. The fourth-order valence-electron chi connectivity index (χ4n) is 1.23. The van der Waals surface area contributed by atoms with Crippen molar-refractivity contribution in [2.75, 3.05) is 0 Å². The Labute approximate surface area is 71.2 Å². The third-order valence-corrected chi connectivity index (χ3v) is 2.13. The van der Waals surface area contributed by atoms with Crippen LogP contribution in [-0.4, -0.2) is 6.29 Å². The van der Waals surface area contributed by atoms with Gasteiger partial charge in [0.25, 0.3) is 0 Å². The molecule has 0 saturated carbocycles. The zero-order valence-corrected chi connectivity index (χ0v) is 7.44. The highest BCUT2D eigenvalue weighted by molar-refractivity contribution is 5.78. The van der Waals surface area contributed by atoms with Gasteiger partial charge in [0, 0.05) is 0 Å². The van der Waals surface area contributed by atoms with Crippen molar-refractivity contribution >= 4 is 6.29 Å². The van der Waals surface area contributed by atoms with E-state index >= 15 is 0 Å². The Balaban J connectivity index is 3.52. The van der Waals surface area contributed by atoms with Crippen molar-refractivity contribution in [1.82, 2.24) is 0 Å². The van der Waals surface area contributed by atoms with E-state index in [2.05, 4.69) is 0 Å². The lowest BCUT2D eigenvalue weighted by Gasteiger charge is -2.06. The minimum Gasteiger partial charge on any atom is -0.298 e. The van der Waals surface area contributed by atoms with Crippen molar-refractivity contribution in [3.63, 3.8) is 0 Å². The summed E-state index contributed by atoms with van der Waals surface area (Å²) in [5.41, 5.74) is 2.40. The molecule has 0 fully saturated rings. The van der Waals surface area contributed by atoms with Gasteiger partial charge in [-0.15, -0.1) is 0 Å². The third kappa shape index (κ3) is 1.24. The van der Waals surface area contributed by atoms with Crippen LogP contribution in [0.15, 0.2) is 6.07 Å². The molecule has 1 aromatic carbocycles. The van der Waals surface area contributed by atoms with Crippen molar-refractivity contribution in [1.29, 1.82) is 0 Å². The number of hydrogen-bond acceptors (Lipinski definition) is 1. The van der Waals surface area contributed by atoms with Gasteiger partial charge < -0.3 is 0 Å². The third-order valence-electron chi connectivity index (χ3n) is 2.13. The number of carbonyl (C=O) groups is 1. The van der Waals surface area contributed by atoms with Gasteiger partial charge in [0.2, 0.25) is 0 Å². The molecule has 1 rings (SSSR count). The standard InChI is InChI=1S/C10H11FO/c1-6-4-7(2)10(11)9(5-12)8(6)3/h4-5H,1-3H3. The first-order valence-electron chi connectivity index (χ1n) is 3.79. The summed E-state index contributed by atoms with van der Waals surface area (Å²) < 4.78 is 13.2. The van der Waals surface area contributed by atoms with Crippen LogP contribution < -0.4 is 0 Å². The second-order valence-electron chi connectivity index (χ2n) is 2.98. The fourth-order valence-corrected chi connectivity index (χ4v) is 1.23. The summed E-state index contributed by atoms with van der Waals surface area (Å²) in [6.45, 7) is 5.28. The monoisotopic (exact) mass is 166 g/mol. The summed E-state index contributed by atoms with van der Waals surface area (Å²) in [7, 11) is 0. The van der Waals surface area contributed by atoms with Crippen molar-refractivity contribution in [3.8, 4) is 0 Å². The largest absolute Gasteiger partial charge is 0.298 e. The summed E-state index contributed by atoms with van der Waals surface area (Å²) in [5, 5.41) is 0. The topological polar surface area (TPSA) is 17.1 Å². The zero-order chi connectivity index (χ0) is 9.30.